The largest absolute Gasteiger partial charge is 0.358 e. The van der Waals surface area contributed by atoms with Gasteiger partial charge in [0.15, 0.2) is 0 Å². The van der Waals surface area contributed by atoms with Crippen molar-refractivity contribution in [1.29, 1.82) is 0 Å². The Bertz CT molecular complexity index is 89.8. The van der Waals surface area contributed by atoms with E-state index in [1.165, 1.54) is 13.0 Å². The Hall–Kier alpha value is 1.06. The molecule has 0 spiro atoms. The van der Waals surface area contributed by atoms with E-state index in [1.54, 1.807) is 0 Å². The molecular formula is C10H23NY-2. The van der Waals surface area contributed by atoms with Gasteiger partial charge in [-0.05, 0) is 27.1 Å². The monoisotopic (exact) mass is 246 g/mol. The third-order valence-electron chi connectivity index (χ3n) is 1.91. The maximum absolute atomic E-state index is 3.92. The van der Waals surface area contributed by atoms with Crippen molar-refractivity contribution in [2.75, 3.05) is 20.6 Å². The molecule has 0 aromatic carbocycles. The van der Waals surface area contributed by atoms with Crippen LogP contribution in [0.25, 0.3) is 0 Å². The van der Waals surface area contributed by atoms with Crippen LogP contribution in [0.2, 0.25) is 0 Å². The van der Waals surface area contributed by atoms with E-state index in [0.29, 0.717) is 5.41 Å². The van der Waals surface area contributed by atoms with Gasteiger partial charge < -0.3 is 19.3 Å². The standard InChI is InChI=1S/C9H20N.CH3.Y/c1-6-9(2,3)7-8-10(4)5;;/h1,6-8H2,2-5H3;1H3;/q2*-1;. The van der Waals surface area contributed by atoms with Gasteiger partial charge in [0.25, 0.3) is 0 Å². The van der Waals surface area contributed by atoms with E-state index in [1.807, 2.05) is 0 Å². The topological polar surface area (TPSA) is 3.24 Å². The van der Waals surface area contributed by atoms with Gasteiger partial charge in [0.05, 0.1) is 0 Å². The Morgan fingerprint density at radius 1 is 1.25 bits per heavy atom. The average molecular weight is 246 g/mol. The van der Waals surface area contributed by atoms with E-state index < -0.39 is 0 Å². The molecule has 2 heteroatoms. The second-order valence-corrected chi connectivity index (χ2v) is 3.97. The van der Waals surface area contributed by atoms with Gasteiger partial charge in [0.1, 0.15) is 0 Å². The van der Waals surface area contributed by atoms with E-state index in [-0.39, 0.29) is 40.1 Å². The van der Waals surface area contributed by atoms with Crippen LogP contribution < -0.4 is 0 Å². The summed E-state index contributed by atoms with van der Waals surface area (Å²) in [7, 11) is 4.22. The van der Waals surface area contributed by atoms with Crippen molar-refractivity contribution in [2.45, 2.75) is 26.7 Å². The fourth-order valence-electron chi connectivity index (χ4n) is 0.651. The first-order chi connectivity index (χ1) is 4.48. The van der Waals surface area contributed by atoms with Crippen molar-refractivity contribution in [2.24, 2.45) is 5.41 Å². The van der Waals surface area contributed by atoms with Gasteiger partial charge in [-0.25, -0.2) is 0 Å². The minimum atomic E-state index is 0. The molecule has 0 rings (SSSR count). The van der Waals surface area contributed by atoms with Crippen LogP contribution in [-0.2, 0) is 32.7 Å². The van der Waals surface area contributed by atoms with Gasteiger partial charge in [-0.3, -0.25) is 0 Å². The summed E-state index contributed by atoms with van der Waals surface area (Å²) in [5.74, 6) is 0. The predicted molar refractivity (Wildman–Crippen MR) is 53.3 cm³/mol. The molecule has 0 saturated heterocycles. The molecule has 0 fully saturated rings. The molecule has 0 saturated carbocycles. The molecule has 1 radical (unpaired) electrons. The summed E-state index contributed by atoms with van der Waals surface area (Å²) >= 11 is 0. The van der Waals surface area contributed by atoms with Crippen LogP contribution in [0, 0.1) is 19.8 Å². The molecule has 0 heterocycles. The van der Waals surface area contributed by atoms with Gasteiger partial charge in [0, 0.05) is 32.7 Å². The molecule has 73 valence electrons. The first-order valence-electron chi connectivity index (χ1n) is 3.92. The molecule has 1 nitrogen and oxygen atoms in total. The summed E-state index contributed by atoms with van der Waals surface area (Å²) in [4.78, 5) is 2.22. The van der Waals surface area contributed by atoms with Crippen LogP contribution in [0.5, 0.6) is 0 Å². The second kappa shape index (κ2) is 8.65. The molecule has 0 aromatic heterocycles. The molecule has 0 atom stereocenters. The fraction of sp³-hybridized carbons (Fsp3) is 0.800. The molecule has 0 aromatic rings. The quantitative estimate of drug-likeness (QED) is 0.689. The van der Waals surface area contributed by atoms with Crippen molar-refractivity contribution in [3.8, 4) is 0 Å². The van der Waals surface area contributed by atoms with E-state index in [4.69, 9.17) is 0 Å². The zero-order valence-electron chi connectivity index (χ0n) is 9.35. The van der Waals surface area contributed by atoms with Gasteiger partial charge in [-0.15, -0.1) is 0 Å². The molecule has 0 N–H and O–H groups in total. The van der Waals surface area contributed by atoms with E-state index in [0.717, 1.165) is 6.42 Å². The maximum atomic E-state index is 3.92. The Kier molecular flexibility index (Phi) is 13.5. The van der Waals surface area contributed by atoms with Gasteiger partial charge >= 0.3 is 0 Å². The van der Waals surface area contributed by atoms with Crippen molar-refractivity contribution in [1.82, 2.24) is 4.90 Å². The van der Waals surface area contributed by atoms with Crippen molar-refractivity contribution in [3.05, 3.63) is 14.4 Å². The molecule has 12 heavy (non-hydrogen) atoms. The summed E-state index contributed by atoms with van der Waals surface area (Å²) in [5, 5.41) is 0. The van der Waals surface area contributed by atoms with E-state index in [9.17, 15) is 0 Å². The number of nitrogens with zero attached hydrogens (tertiary/aromatic N) is 1. The van der Waals surface area contributed by atoms with Crippen molar-refractivity contribution >= 4 is 0 Å². The molecule has 0 amide bonds. The normalized spacial score (nSPS) is 10.5. The van der Waals surface area contributed by atoms with Crippen LogP contribution in [-0.4, -0.2) is 25.5 Å². The maximum Gasteiger partial charge on any atom is 0 e. The summed E-state index contributed by atoms with van der Waals surface area (Å²) in [5.41, 5.74) is 0.421. The minimum absolute atomic E-state index is 0. The Morgan fingerprint density at radius 2 is 1.67 bits per heavy atom. The Balaban J connectivity index is -0.000000405. The first-order valence-corrected chi connectivity index (χ1v) is 3.92. The zero-order chi connectivity index (χ0) is 8.20. The molecule has 0 unspecified atom stereocenters. The van der Waals surface area contributed by atoms with Crippen LogP contribution in [0.3, 0.4) is 0 Å². The Labute approximate surface area is 104 Å². The van der Waals surface area contributed by atoms with Crippen LogP contribution in [0.4, 0.5) is 0 Å². The van der Waals surface area contributed by atoms with E-state index in [2.05, 4.69) is 39.8 Å². The van der Waals surface area contributed by atoms with Gasteiger partial charge in [0.2, 0.25) is 0 Å². The molecule has 0 aliphatic heterocycles. The van der Waals surface area contributed by atoms with Crippen molar-refractivity contribution in [3.63, 3.8) is 0 Å². The van der Waals surface area contributed by atoms with Gasteiger partial charge in [-0.1, -0.05) is 19.3 Å². The predicted octanol–water partition coefficient (Wildman–Crippen LogP) is 2.64. The summed E-state index contributed by atoms with van der Waals surface area (Å²) in [6.45, 7) is 9.62. The third kappa shape index (κ3) is 11.1. The molecular weight excluding hydrogens is 223 g/mol. The molecule has 0 aliphatic carbocycles. The Morgan fingerprint density at radius 3 is 1.92 bits per heavy atom. The molecule has 0 bridgehead atoms. The number of rotatable bonds is 4. The van der Waals surface area contributed by atoms with Crippen LogP contribution >= 0.6 is 0 Å². The SMILES string of the molecule is [CH2-]CC(C)(C)CCN(C)C.[CH3-].[Y]. The van der Waals surface area contributed by atoms with E-state index >= 15 is 0 Å². The summed E-state index contributed by atoms with van der Waals surface area (Å²) in [6, 6.07) is 0. The van der Waals surface area contributed by atoms with Crippen LogP contribution in [0.1, 0.15) is 26.7 Å². The van der Waals surface area contributed by atoms with Crippen LogP contribution in [0.15, 0.2) is 0 Å². The van der Waals surface area contributed by atoms with Gasteiger partial charge in [-0.2, -0.15) is 6.42 Å². The smallest absolute Gasteiger partial charge is 0 e. The number of hydrogen-bond donors (Lipinski definition) is 0. The average Bonchev–Trinajstić information content (AvgIpc) is 1.85. The van der Waals surface area contributed by atoms with Crippen molar-refractivity contribution < 1.29 is 32.7 Å². The molecule has 0 aliphatic rings. The summed E-state index contributed by atoms with van der Waals surface area (Å²) in [6.07, 6.45) is 2.27. The third-order valence-corrected chi connectivity index (χ3v) is 1.91. The summed E-state index contributed by atoms with van der Waals surface area (Å²) < 4.78 is 0. The zero-order valence-corrected chi connectivity index (χ0v) is 12.2. The minimum Gasteiger partial charge on any atom is -0.358 e. The first kappa shape index (κ1) is 18.8. The second-order valence-electron chi connectivity index (χ2n) is 3.97. The number of hydrogen-bond acceptors (Lipinski definition) is 1. The fourth-order valence-corrected chi connectivity index (χ4v) is 0.651.